The predicted molar refractivity (Wildman–Crippen MR) is 57.2 cm³/mol. The number of nitrogens with one attached hydrogen (secondary N) is 2. The van der Waals surface area contributed by atoms with Gasteiger partial charge in [0.25, 0.3) is 0 Å². The largest absolute Gasteiger partial charge is 0.310 e. The van der Waals surface area contributed by atoms with Gasteiger partial charge in [0.1, 0.15) is 0 Å². The van der Waals surface area contributed by atoms with E-state index in [1.54, 1.807) is 0 Å². The first-order valence-electron chi connectivity index (χ1n) is 5.67. The molecule has 78 valence electrons. The Hall–Kier alpha value is -0.830. The minimum absolute atomic E-state index is 0.534. The topological polar surface area (TPSA) is 40.7 Å². The molecule has 1 heterocycles. The summed E-state index contributed by atoms with van der Waals surface area (Å²) < 4.78 is 0. The number of hydrogen-bond donors (Lipinski definition) is 2. The van der Waals surface area contributed by atoms with Gasteiger partial charge in [0.15, 0.2) is 0 Å². The molecule has 2 rings (SSSR count). The molecule has 1 aliphatic rings. The first-order valence-corrected chi connectivity index (χ1v) is 5.67. The van der Waals surface area contributed by atoms with Crippen molar-refractivity contribution in [1.82, 2.24) is 15.5 Å². The lowest BCUT2D eigenvalue weighted by Gasteiger charge is -2.15. The van der Waals surface area contributed by atoms with Crippen LogP contribution in [0.1, 0.15) is 49.9 Å². The van der Waals surface area contributed by atoms with Crippen LogP contribution in [0.25, 0.3) is 0 Å². The van der Waals surface area contributed by atoms with E-state index in [0.717, 1.165) is 6.54 Å². The van der Waals surface area contributed by atoms with Gasteiger partial charge < -0.3 is 5.32 Å². The van der Waals surface area contributed by atoms with Gasteiger partial charge in [0.2, 0.25) is 0 Å². The lowest BCUT2D eigenvalue weighted by Crippen LogP contribution is -2.21. The molecule has 0 spiro atoms. The molecule has 1 unspecified atom stereocenters. The second-order valence-electron chi connectivity index (χ2n) is 4.06. The lowest BCUT2D eigenvalue weighted by molar-refractivity contribution is 0.489. The molecule has 3 heteroatoms. The van der Waals surface area contributed by atoms with E-state index in [9.17, 15) is 0 Å². The summed E-state index contributed by atoms with van der Waals surface area (Å²) in [5.41, 5.74) is 2.74. The maximum Gasteiger partial charge on any atom is 0.0538 e. The SMILES string of the molecule is CCCNC1CCCCc2[nH]ncc21. The molecule has 3 nitrogen and oxygen atoms in total. The lowest BCUT2D eigenvalue weighted by atomic mass is 10.1. The standard InChI is InChI=1S/C11H19N3/c1-2-7-12-10-5-3-4-6-11-9(10)8-13-14-11/h8,10,12H,2-7H2,1H3,(H,13,14). The Bertz CT molecular complexity index is 280. The van der Waals surface area contributed by atoms with E-state index in [1.165, 1.54) is 43.4 Å². The van der Waals surface area contributed by atoms with Crippen LogP contribution in [0.5, 0.6) is 0 Å². The highest BCUT2D eigenvalue weighted by Crippen LogP contribution is 2.26. The van der Waals surface area contributed by atoms with Crippen LogP contribution in [-0.2, 0) is 6.42 Å². The highest BCUT2D eigenvalue weighted by atomic mass is 15.1. The quantitative estimate of drug-likeness (QED) is 0.722. The number of rotatable bonds is 3. The highest BCUT2D eigenvalue weighted by molar-refractivity contribution is 5.22. The van der Waals surface area contributed by atoms with Crippen molar-refractivity contribution in [3.05, 3.63) is 17.5 Å². The summed E-state index contributed by atoms with van der Waals surface area (Å²) in [6.07, 6.45) is 8.23. The smallest absolute Gasteiger partial charge is 0.0538 e. The third-order valence-corrected chi connectivity index (χ3v) is 2.94. The number of aryl methyl sites for hydroxylation is 1. The van der Waals surface area contributed by atoms with Crippen molar-refractivity contribution >= 4 is 0 Å². The fourth-order valence-corrected chi connectivity index (χ4v) is 2.16. The molecule has 14 heavy (non-hydrogen) atoms. The molecule has 0 saturated heterocycles. The third kappa shape index (κ3) is 1.98. The van der Waals surface area contributed by atoms with Crippen LogP contribution in [0, 0.1) is 0 Å². The Morgan fingerprint density at radius 3 is 3.36 bits per heavy atom. The van der Waals surface area contributed by atoms with E-state index in [4.69, 9.17) is 0 Å². The van der Waals surface area contributed by atoms with E-state index in [1.807, 2.05) is 6.20 Å². The molecule has 0 fully saturated rings. The van der Waals surface area contributed by atoms with Gasteiger partial charge >= 0.3 is 0 Å². The van der Waals surface area contributed by atoms with Crippen molar-refractivity contribution < 1.29 is 0 Å². The summed E-state index contributed by atoms with van der Waals surface area (Å²) >= 11 is 0. The van der Waals surface area contributed by atoms with Crippen molar-refractivity contribution in [2.75, 3.05) is 6.54 Å². The summed E-state index contributed by atoms with van der Waals surface area (Å²) in [7, 11) is 0. The normalized spacial score (nSPS) is 21.6. The van der Waals surface area contributed by atoms with Crippen molar-refractivity contribution in [3.63, 3.8) is 0 Å². The van der Waals surface area contributed by atoms with Gasteiger partial charge in [-0.25, -0.2) is 0 Å². The van der Waals surface area contributed by atoms with Gasteiger partial charge in [-0.3, -0.25) is 5.10 Å². The predicted octanol–water partition coefficient (Wildman–Crippen LogP) is 2.18. The van der Waals surface area contributed by atoms with Gasteiger partial charge in [-0.1, -0.05) is 13.3 Å². The average Bonchev–Trinajstić information content (AvgIpc) is 2.58. The van der Waals surface area contributed by atoms with Gasteiger partial charge in [0, 0.05) is 17.3 Å². The summed E-state index contributed by atoms with van der Waals surface area (Å²) in [5.74, 6) is 0. The van der Waals surface area contributed by atoms with Crippen LogP contribution in [0.2, 0.25) is 0 Å². The van der Waals surface area contributed by atoms with Crippen LogP contribution < -0.4 is 5.32 Å². The summed E-state index contributed by atoms with van der Waals surface area (Å²) in [6.45, 7) is 3.31. The molecule has 0 aliphatic heterocycles. The molecule has 1 aromatic rings. The van der Waals surface area contributed by atoms with E-state index < -0.39 is 0 Å². The fourth-order valence-electron chi connectivity index (χ4n) is 2.16. The second-order valence-corrected chi connectivity index (χ2v) is 4.06. The molecule has 1 aromatic heterocycles. The number of H-pyrrole nitrogens is 1. The van der Waals surface area contributed by atoms with Crippen molar-refractivity contribution in [1.29, 1.82) is 0 Å². The molecule has 2 N–H and O–H groups in total. The number of nitrogens with zero attached hydrogens (tertiary/aromatic N) is 1. The molecule has 1 atom stereocenters. The Labute approximate surface area is 85.3 Å². The summed E-state index contributed by atoms with van der Waals surface area (Å²) in [5, 5.41) is 10.8. The second kappa shape index (κ2) is 4.60. The number of aromatic amines is 1. The van der Waals surface area contributed by atoms with E-state index in [-0.39, 0.29) is 0 Å². The highest BCUT2D eigenvalue weighted by Gasteiger charge is 2.18. The third-order valence-electron chi connectivity index (χ3n) is 2.94. The fraction of sp³-hybridized carbons (Fsp3) is 0.727. The Kier molecular flexibility index (Phi) is 3.19. The average molecular weight is 193 g/mol. The summed E-state index contributed by atoms with van der Waals surface area (Å²) in [4.78, 5) is 0. The van der Waals surface area contributed by atoms with Crippen LogP contribution in [0.15, 0.2) is 6.20 Å². The zero-order valence-corrected chi connectivity index (χ0v) is 8.84. The Morgan fingerprint density at radius 2 is 2.50 bits per heavy atom. The van der Waals surface area contributed by atoms with Crippen LogP contribution in [0.4, 0.5) is 0 Å². The van der Waals surface area contributed by atoms with Crippen LogP contribution in [-0.4, -0.2) is 16.7 Å². The van der Waals surface area contributed by atoms with Crippen molar-refractivity contribution in [3.8, 4) is 0 Å². The van der Waals surface area contributed by atoms with Crippen molar-refractivity contribution in [2.24, 2.45) is 0 Å². The maximum absolute atomic E-state index is 4.14. The summed E-state index contributed by atoms with van der Waals surface area (Å²) in [6, 6.07) is 0.534. The van der Waals surface area contributed by atoms with Gasteiger partial charge in [0.05, 0.1) is 6.20 Å². The van der Waals surface area contributed by atoms with E-state index >= 15 is 0 Å². The molecule has 0 saturated carbocycles. The first kappa shape index (κ1) is 9.71. The monoisotopic (exact) mass is 193 g/mol. The van der Waals surface area contributed by atoms with Gasteiger partial charge in [-0.15, -0.1) is 0 Å². The minimum Gasteiger partial charge on any atom is -0.310 e. The molecule has 1 aliphatic carbocycles. The first-order chi connectivity index (χ1) is 6.92. The van der Waals surface area contributed by atoms with E-state index in [0.29, 0.717) is 6.04 Å². The number of hydrogen-bond acceptors (Lipinski definition) is 2. The Balaban J connectivity index is 2.09. The number of fused-ring (bicyclic) bond motifs is 1. The minimum atomic E-state index is 0.534. The van der Waals surface area contributed by atoms with E-state index in [2.05, 4.69) is 22.4 Å². The molecular weight excluding hydrogens is 174 g/mol. The molecule has 0 bridgehead atoms. The zero-order chi connectivity index (χ0) is 9.80. The zero-order valence-electron chi connectivity index (χ0n) is 8.84. The molecular formula is C11H19N3. The van der Waals surface area contributed by atoms with Gasteiger partial charge in [-0.2, -0.15) is 5.10 Å². The Morgan fingerprint density at radius 1 is 1.57 bits per heavy atom. The maximum atomic E-state index is 4.14. The molecule has 0 aromatic carbocycles. The van der Waals surface area contributed by atoms with Crippen LogP contribution in [0.3, 0.4) is 0 Å². The van der Waals surface area contributed by atoms with Crippen molar-refractivity contribution in [2.45, 2.75) is 45.1 Å². The van der Waals surface area contributed by atoms with Gasteiger partial charge in [-0.05, 0) is 32.2 Å². The molecule has 0 radical (unpaired) electrons. The number of aromatic nitrogens is 2. The molecule has 0 amide bonds. The van der Waals surface area contributed by atoms with Crippen LogP contribution >= 0.6 is 0 Å².